The van der Waals surface area contributed by atoms with Crippen molar-refractivity contribution in [1.82, 2.24) is 35.1 Å². The first-order chi connectivity index (χ1) is 29.6. The molecule has 15 heteroatoms. The molecule has 3 aliphatic rings. The molecule has 2 saturated heterocycles. The summed E-state index contributed by atoms with van der Waals surface area (Å²) in [6, 6.07) is 21.8. The van der Waals surface area contributed by atoms with Gasteiger partial charge in [0, 0.05) is 30.0 Å². The number of aromatic amines is 2. The quantitative estimate of drug-likeness (QED) is 0.127. The van der Waals surface area contributed by atoms with Crippen molar-refractivity contribution in [3.63, 3.8) is 0 Å². The summed E-state index contributed by atoms with van der Waals surface area (Å²) in [6.45, 7) is 5.38. The van der Waals surface area contributed by atoms with Crippen LogP contribution in [0.4, 0.5) is 9.59 Å². The van der Waals surface area contributed by atoms with Crippen LogP contribution in [0.1, 0.15) is 80.4 Å². The number of hydrogen-bond donors (Lipinski definition) is 4. The van der Waals surface area contributed by atoms with E-state index in [4.69, 9.17) is 24.2 Å². The van der Waals surface area contributed by atoms with Gasteiger partial charge < -0.3 is 39.3 Å². The van der Waals surface area contributed by atoms with E-state index in [1.54, 1.807) is 4.90 Å². The number of imidazole rings is 2. The maximum absolute atomic E-state index is 14.1. The molecule has 0 saturated carbocycles. The summed E-state index contributed by atoms with van der Waals surface area (Å²) in [6.07, 6.45) is 3.79. The number of nitrogens with two attached hydrogens (primary N) is 1. The van der Waals surface area contributed by atoms with Crippen LogP contribution in [0, 0.1) is 5.92 Å². The van der Waals surface area contributed by atoms with Gasteiger partial charge in [-0.15, -0.1) is 0 Å². The molecule has 0 spiro atoms. The van der Waals surface area contributed by atoms with E-state index in [-0.39, 0.29) is 29.8 Å². The van der Waals surface area contributed by atoms with E-state index in [0.717, 1.165) is 87.0 Å². The second-order valence-electron chi connectivity index (χ2n) is 16.3. The number of hydrogen-bond acceptors (Lipinski definition) is 9. The Balaban J connectivity index is 0.959. The minimum absolute atomic E-state index is 0.0641. The van der Waals surface area contributed by atoms with Crippen LogP contribution < -0.4 is 15.4 Å². The molecule has 9 rings (SSSR count). The molecule has 2 aromatic heterocycles. The smallest absolute Gasteiger partial charge is 0.488 e. The highest BCUT2D eigenvalue weighted by atomic mass is 16.5. The summed E-state index contributed by atoms with van der Waals surface area (Å²) in [4.78, 5) is 72.7. The Kier molecular flexibility index (Phi) is 10.7. The fraction of sp³-hybridized carbons (Fsp3) is 0.348. The maximum Gasteiger partial charge on any atom is 0.513 e. The molecule has 6 aromatic rings. The van der Waals surface area contributed by atoms with Crippen LogP contribution in [0.2, 0.25) is 0 Å². The van der Waals surface area contributed by atoms with E-state index >= 15 is 0 Å². The SMILES string of the molecule is COC(=O)NC(C(=O)N1CCC[C@H]1c1nc2c(ccc3cc4c(cc32)OCc2cc(-c3cnc([C@@H]5CCCN5C(=O)[C@@H]([NH2+]C(=O)OC)C(C)C)[nH]3)ccc2-4)[nH]1)c1ccccc1. The van der Waals surface area contributed by atoms with Gasteiger partial charge in [-0.2, -0.15) is 4.79 Å². The Morgan fingerprint density at radius 2 is 1.61 bits per heavy atom. The van der Waals surface area contributed by atoms with Gasteiger partial charge in [0.2, 0.25) is 0 Å². The Hall–Kier alpha value is -6.74. The average Bonchev–Trinajstić information content (AvgIpc) is 4.13. The van der Waals surface area contributed by atoms with Gasteiger partial charge >= 0.3 is 12.2 Å². The second kappa shape index (κ2) is 16.4. The number of carbonyl (C=O) groups excluding carboxylic acids is 4. The summed E-state index contributed by atoms with van der Waals surface area (Å²) in [7, 11) is 2.60. The van der Waals surface area contributed by atoms with Crippen molar-refractivity contribution in [2.75, 3.05) is 27.3 Å². The van der Waals surface area contributed by atoms with E-state index in [9.17, 15) is 19.2 Å². The number of benzene rings is 4. The minimum atomic E-state index is -0.901. The molecule has 1 unspecified atom stereocenters. The van der Waals surface area contributed by atoms with Crippen molar-refractivity contribution < 1.29 is 38.7 Å². The van der Waals surface area contributed by atoms with Gasteiger partial charge in [-0.25, -0.2) is 20.1 Å². The molecule has 2 fully saturated rings. The van der Waals surface area contributed by atoms with Crippen LogP contribution in [0.5, 0.6) is 5.75 Å². The highest BCUT2D eigenvalue weighted by molar-refractivity contribution is 6.07. The number of nitrogens with one attached hydrogen (secondary N) is 3. The van der Waals surface area contributed by atoms with E-state index < -0.39 is 24.3 Å². The Morgan fingerprint density at radius 3 is 2.34 bits per heavy atom. The van der Waals surface area contributed by atoms with Crippen LogP contribution in [-0.2, 0) is 25.7 Å². The molecule has 5 N–H and O–H groups in total. The van der Waals surface area contributed by atoms with Gasteiger partial charge in [-0.05, 0) is 77.6 Å². The molecule has 3 aliphatic heterocycles. The molecule has 15 nitrogen and oxygen atoms in total. The molecule has 0 aliphatic carbocycles. The second-order valence-corrected chi connectivity index (χ2v) is 16.3. The number of H-pyrrole nitrogens is 2. The molecular formula is C46H49N8O7+. The van der Waals surface area contributed by atoms with Crippen molar-refractivity contribution in [2.45, 2.75) is 70.3 Å². The molecule has 0 radical (unpaired) electrons. The number of fused-ring (bicyclic) bond motifs is 6. The van der Waals surface area contributed by atoms with E-state index in [1.807, 2.05) is 61.3 Å². The molecular weight excluding hydrogens is 777 g/mol. The van der Waals surface area contributed by atoms with Crippen molar-refractivity contribution in [3.05, 3.63) is 102 Å². The number of alkyl carbamates (subject to hydrolysis) is 1. The first-order valence-corrected chi connectivity index (χ1v) is 20.8. The number of quaternary nitrogens is 1. The highest BCUT2D eigenvalue weighted by Gasteiger charge is 2.40. The zero-order chi connectivity index (χ0) is 42.4. The number of likely N-dealkylation sites (tertiary alicyclic amines) is 2. The number of nitrogens with zero attached hydrogens (tertiary/aromatic N) is 4. The monoisotopic (exact) mass is 825 g/mol. The number of ether oxygens (including phenoxy) is 3. The average molecular weight is 826 g/mol. The topological polar surface area (TPSA) is 188 Å². The summed E-state index contributed by atoms with van der Waals surface area (Å²) < 4.78 is 16.1. The summed E-state index contributed by atoms with van der Waals surface area (Å²) in [5.74, 6) is 1.80. The number of methoxy groups -OCH3 is 2. The highest BCUT2D eigenvalue weighted by Crippen LogP contribution is 2.43. The lowest BCUT2D eigenvalue weighted by Gasteiger charge is -2.28. The number of rotatable bonds is 9. The fourth-order valence-electron chi connectivity index (χ4n) is 9.14. The molecule has 4 aromatic carbocycles. The molecule has 0 bridgehead atoms. The van der Waals surface area contributed by atoms with Gasteiger partial charge in [0.05, 0.1) is 49.2 Å². The van der Waals surface area contributed by atoms with E-state index in [2.05, 4.69) is 51.7 Å². The lowest BCUT2D eigenvalue weighted by molar-refractivity contribution is -0.601. The molecule has 61 heavy (non-hydrogen) atoms. The number of primary amides is 1. The summed E-state index contributed by atoms with van der Waals surface area (Å²) >= 11 is 0. The van der Waals surface area contributed by atoms with Gasteiger partial charge in [-0.3, -0.25) is 9.59 Å². The summed E-state index contributed by atoms with van der Waals surface area (Å²) in [5.41, 5.74) is 7.25. The minimum Gasteiger partial charge on any atom is -0.488 e. The first-order valence-electron chi connectivity index (χ1n) is 20.8. The lowest BCUT2D eigenvalue weighted by atomic mass is 9.92. The number of amides is 4. The third kappa shape index (κ3) is 7.43. The number of aromatic nitrogens is 4. The maximum atomic E-state index is 14.1. The van der Waals surface area contributed by atoms with Gasteiger partial charge in [0.1, 0.15) is 30.0 Å². The van der Waals surface area contributed by atoms with E-state index in [1.165, 1.54) is 19.5 Å². The van der Waals surface area contributed by atoms with Crippen molar-refractivity contribution in [1.29, 1.82) is 0 Å². The fourth-order valence-corrected chi connectivity index (χ4v) is 9.14. The van der Waals surface area contributed by atoms with Gasteiger partial charge in [0.15, 0.2) is 6.04 Å². The van der Waals surface area contributed by atoms with E-state index in [0.29, 0.717) is 31.1 Å². The van der Waals surface area contributed by atoms with Crippen LogP contribution >= 0.6 is 0 Å². The molecule has 4 atom stereocenters. The normalized spacial score (nSPS) is 18.1. The zero-order valence-electron chi connectivity index (χ0n) is 34.6. The van der Waals surface area contributed by atoms with Crippen molar-refractivity contribution >= 4 is 45.8 Å². The van der Waals surface area contributed by atoms with Crippen LogP contribution in [0.3, 0.4) is 0 Å². The zero-order valence-corrected chi connectivity index (χ0v) is 34.6. The van der Waals surface area contributed by atoms with Gasteiger partial charge in [0.25, 0.3) is 11.8 Å². The summed E-state index contributed by atoms with van der Waals surface area (Å²) in [5, 5.41) is 6.06. The largest absolute Gasteiger partial charge is 0.513 e. The number of carbonyl (C=O) groups is 4. The Bertz CT molecular complexity index is 2660. The lowest BCUT2D eigenvalue weighted by Crippen LogP contribution is -2.96. The van der Waals surface area contributed by atoms with Crippen LogP contribution in [-0.4, -0.2) is 87.1 Å². The van der Waals surface area contributed by atoms with Gasteiger partial charge in [-0.1, -0.05) is 62.4 Å². The molecule has 4 amide bonds. The molecule has 314 valence electrons. The van der Waals surface area contributed by atoms with Crippen molar-refractivity contribution in [3.8, 4) is 28.1 Å². The third-order valence-electron chi connectivity index (χ3n) is 12.3. The standard InChI is InChI=1S/C46H48N8O7/c1-25(2)38(51-45(57)59-3)43(55)53-18-8-12-35(53)41-47-23-34(49-41)28-14-16-30-29(20-28)24-61-37-22-31-27(21-32(30)37)15-17-33-40(31)50-42(48-33)36-13-9-19-54(36)44(56)39(52-46(58)60-4)26-10-6-5-7-11-26/h5-7,10-11,14-17,20-23,25,35-36,38-39H,8-9,12-13,18-19,24H2,1-4H3,(H,47,49)(H,48,50)(H,51,57)(H,52,58)/p+1/t35-,36-,38-,39?/m0/s1. The Labute approximate surface area is 352 Å². The predicted octanol–water partition coefficient (Wildman–Crippen LogP) is 6.44. The molecule has 5 heterocycles. The van der Waals surface area contributed by atoms with Crippen molar-refractivity contribution in [2.24, 2.45) is 5.92 Å². The van der Waals surface area contributed by atoms with Crippen LogP contribution in [0.25, 0.3) is 44.2 Å². The van der Waals surface area contributed by atoms with Crippen LogP contribution in [0.15, 0.2) is 79.0 Å². The predicted molar refractivity (Wildman–Crippen MR) is 226 cm³/mol. The Morgan fingerprint density at radius 1 is 0.852 bits per heavy atom. The first kappa shape index (κ1) is 39.7. The third-order valence-corrected chi connectivity index (χ3v) is 12.3.